The van der Waals surface area contributed by atoms with Crippen molar-refractivity contribution >= 4 is 27.6 Å². The number of allylic oxidation sites excluding steroid dienone is 4. The topological polar surface area (TPSA) is 256 Å². The largest absolute Gasteiger partial charge is 0.472 e. The maximum atomic E-state index is 13.0. The quantitative estimate of drug-likeness (QED) is 0.0130. The molecule has 0 bridgehead atoms. The molecule has 0 amide bonds. The van der Waals surface area contributed by atoms with E-state index in [9.17, 15) is 53.8 Å². The van der Waals surface area contributed by atoms with Crippen molar-refractivity contribution in [3.63, 3.8) is 0 Å². The van der Waals surface area contributed by atoms with Crippen molar-refractivity contribution in [3.05, 3.63) is 24.3 Å². The molecule has 0 aromatic heterocycles. The second kappa shape index (κ2) is 38.3. The molecule has 0 aromatic carbocycles. The summed E-state index contributed by atoms with van der Waals surface area (Å²) >= 11 is 0. The van der Waals surface area contributed by atoms with Gasteiger partial charge in [-0.05, 0) is 64.2 Å². The molecule has 382 valence electrons. The van der Waals surface area contributed by atoms with E-state index >= 15 is 0 Å². The van der Waals surface area contributed by atoms with Crippen molar-refractivity contribution < 1.29 is 76.9 Å². The van der Waals surface area contributed by atoms with E-state index in [-0.39, 0.29) is 12.8 Å². The molecule has 1 saturated carbocycles. The minimum Gasteiger partial charge on any atom is -0.462 e. The molecule has 1 fully saturated rings. The molecule has 5 unspecified atom stereocenters. The van der Waals surface area contributed by atoms with E-state index in [0.29, 0.717) is 12.8 Å². The molecule has 65 heavy (non-hydrogen) atoms. The fourth-order valence-electron chi connectivity index (χ4n) is 7.60. The van der Waals surface area contributed by atoms with Gasteiger partial charge in [-0.2, -0.15) is 0 Å². The van der Waals surface area contributed by atoms with Crippen LogP contribution in [0, 0.1) is 0 Å². The Morgan fingerprint density at radius 2 is 0.846 bits per heavy atom. The third-order valence-electron chi connectivity index (χ3n) is 11.5. The van der Waals surface area contributed by atoms with Crippen molar-refractivity contribution in [2.75, 3.05) is 13.2 Å². The Hall–Kier alpha value is -1.52. The molecule has 0 saturated heterocycles. The smallest absolute Gasteiger partial charge is 0.462 e. The van der Waals surface area contributed by atoms with Crippen molar-refractivity contribution in [2.24, 2.45) is 0 Å². The standard InChI is InChI=1S/C47H88O16P2/c1-3-5-7-9-11-13-15-17-19-20-22-23-25-27-29-31-33-35-40(48)59-37-39(61-41(49)36-34-32-30-28-26-24-21-18-16-14-12-10-8-6-4-2)38-60-65(57,58)63-47-44(52)42(50)43(51)46(45(47)53)62-64(54,55)56/h17-19,21,39,42-47,50-53H,3-16,20,22-38H2,1-2H3,(H,57,58)(H2,54,55,56)/b19-17-,21-18-/t39-,42?,43?,44?,45?,46-,47+/m1/s1. The van der Waals surface area contributed by atoms with E-state index in [1.54, 1.807) is 0 Å². The maximum Gasteiger partial charge on any atom is 0.472 e. The summed E-state index contributed by atoms with van der Waals surface area (Å²) in [5.41, 5.74) is 0. The van der Waals surface area contributed by atoms with Crippen LogP contribution in [0.1, 0.15) is 206 Å². The van der Waals surface area contributed by atoms with Crippen molar-refractivity contribution in [1.29, 1.82) is 0 Å². The van der Waals surface area contributed by atoms with Gasteiger partial charge in [0.05, 0.1) is 6.61 Å². The van der Waals surface area contributed by atoms with Gasteiger partial charge in [-0.3, -0.25) is 23.2 Å². The number of carbonyl (C=O) groups is 2. The van der Waals surface area contributed by atoms with Crippen LogP contribution in [-0.2, 0) is 41.8 Å². The predicted molar refractivity (Wildman–Crippen MR) is 251 cm³/mol. The molecule has 0 heterocycles. The Morgan fingerprint density at radius 3 is 1.26 bits per heavy atom. The molecular weight excluding hydrogens is 882 g/mol. The summed E-state index contributed by atoms with van der Waals surface area (Å²) in [5, 5.41) is 41.3. The number of aliphatic hydroxyl groups is 4. The highest BCUT2D eigenvalue weighted by molar-refractivity contribution is 7.47. The molecule has 8 atom stereocenters. The molecule has 0 radical (unpaired) electrons. The van der Waals surface area contributed by atoms with Crippen molar-refractivity contribution in [1.82, 2.24) is 0 Å². The van der Waals surface area contributed by atoms with E-state index < -0.39 is 83.5 Å². The zero-order valence-corrected chi connectivity index (χ0v) is 41.5. The van der Waals surface area contributed by atoms with Gasteiger partial charge in [0.2, 0.25) is 0 Å². The molecule has 1 aliphatic carbocycles. The second-order valence-electron chi connectivity index (χ2n) is 17.5. The van der Waals surface area contributed by atoms with Gasteiger partial charge in [0.15, 0.2) is 6.10 Å². The first-order chi connectivity index (χ1) is 31.1. The fourth-order valence-corrected chi connectivity index (χ4v) is 9.14. The first kappa shape index (κ1) is 61.5. The Morgan fingerprint density at radius 1 is 0.477 bits per heavy atom. The lowest BCUT2D eigenvalue weighted by Gasteiger charge is -2.43. The van der Waals surface area contributed by atoms with Crippen molar-refractivity contribution in [3.8, 4) is 0 Å². The number of hydrogen-bond donors (Lipinski definition) is 7. The monoisotopic (exact) mass is 971 g/mol. The summed E-state index contributed by atoms with van der Waals surface area (Å²) < 4.78 is 49.4. The number of aliphatic hydroxyl groups excluding tert-OH is 4. The van der Waals surface area contributed by atoms with Gasteiger partial charge in [-0.15, -0.1) is 0 Å². The fraction of sp³-hybridized carbons (Fsp3) is 0.872. The molecule has 16 nitrogen and oxygen atoms in total. The van der Waals surface area contributed by atoms with Gasteiger partial charge in [0.1, 0.15) is 43.2 Å². The van der Waals surface area contributed by atoms with Crippen LogP contribution in [0.4, 0.5) is 0 Å². The average Bonchev–Trinajstić information content (AvgIpc) is 3.26. The number of carbonyl (C=O) groups excluding carboxylic acids is 2. The van der Waals surface area contributed by atoms with Gasteiger partial charge in [-0.1, -0.05) is 154 Å². The molecule has 0 aromatic rings. The van der Waals surface area contributed by atoms with Crippen LogP contribution in [0.5, 0.6) is 0 Å². The Kier molecular flexibility index (Phi) is 36.3. The number of phosphoric ester groups is 2. The summed E-state index contributed by atoms with van der Waals surface area (Å²) in [6.07, 6.45) is 25.6. The molecule has 0 spiro atoms. The van der Waals surface area contributed by atoms with Crippen LogP contribution in [-0.4, -0.2) is 103 Å². The van der Waals surface area contributed by atoms with Crippen LogP contribution < -0.4 is 0 Å². The van der Waals surface area contributed by atoms with Crippen LogP contribution in [0.3, 0.4) is 0 Å². The van der Waals surface area contributed by atoms with E-state index in [2.05, 4.69) is 42.7 Å². The maximum absolute atomic E-state index is 13.0. The zero-order chi connectivity index (χ0) is 48.2. The van der Waals surface area contributed by atoms with Crippen LogP contribution in [0.25, 0.3) is 0 Å². The number of ether oxygens (including phenoxy) is 2. The molecule has 7 N–H and O–H groups in total. The first-order valence-corrected chi connectivity index (χ1v) is 27.9. The molecule has 1 rings (SSSR count). The van der Waals surface area contributed by atoms with Gasteiger partial charge in [0, 0.05) is 12.8 Å². The van der Waals surface area contributed by atoms with Gasteiger partial charge in [-0.25, -0.2) is 9.13 Å². The predicted octanol–water partition coefficient (Wildman–Crippen LogP) is 9.73. The summed E-state index contributed by atoms with van der Waals surface area (Å²) in [6.45, 7) is 3.11. The third kappa shape index (κ3) is 32.8. The number of unbranched alkanes of at least 4 members (excludes halogenated alkanes) is 24. The van der Waals surface area contributed by atoms with Crippen LogP contribution >= 0.6 is 15.6 Å². The minimum absolute atomic E-state index is 0.0352. The molecular formula is C47H88O16P2. The SMILES string of the molecule is CCCCCCCC/C=C\CCCCCCCCCC(=O)OC[C@H](COP(=O)(O)O[C@H]1C(O)C(O)C(O)[C@@H](OP(=O)(O)O)C1O)OC(=O)CCCCCCC/C=C\CCCCCCCC. The lowest BCUT2D eigenvalue weighted by Crippen LogP contribution is -2.64. The van der Waals surface area contributed by atoms with Gasteiger partial charge >= 0.3 is 27.6 Å². The summed E-state index contributed by atoms with van der Waals surface area (Å²) in [5.74, 6) is -1.21. The number of rotatable bonds is 42. The van der Waals surface area contributed by atoms with E-state index in [1.807, 2.05) is 0 Å². The van der Waals surface area contributed by atoms with E-state index in [4.69, 9.17) is 18.5 Å². The summed E-state index contributed by atoms with van der Waals surface area (Å²) in [7, 11) is -10.7. The van der Waals surface area contributed by atoms with Gasteiger partial charge in [0.25, 0.3) is 0 Å². The van der Waals surface area contributed by atoms with E-state index in [0.717, 1.165) is 89.9 Å². The third-order valence-corrected chi connectivity index (χ3v) is 13.0. The zero-order valence-electron chi connectivity index (χ0n) is 39.7. The minimum atomic E-state index is -5.36. The molecule has 18 heteroatoms. The number of phosphoric acid groups is 2. The summed E-state index contributed by atoms with van der Waals surface area (Å²) in [4.78, 5) is 54.3. The number of esters is 2. The van der Waals surface area contributed by atoms with Crippen LogP contribution in [0.15, 0.2) is 24.3 Å². The Labute approximate surface area is 390 Å². The highest BCUT2D eigenvalue weighted by Gasteiger charge is 2.54. The lowest BCUT2D eigenvalue weighted by molar-refractivity contribution is -0.216. The Balaban J connectivity index is 2.57. The molecule has 1 aliphatic rings. The summed E-state index contributed by atoms with van der Waals surface area (Å²) in [6, 6.07) is 0. The van der Waals surface area contributed by atoms with Gasteiger partial charge < -0.3 is 44.6 Å². The molecule has 0 aliphatic heterocycles. The first-order valence-electron chi connectivity index (χ1n) is 24.9. The Bertz CT molecular complexity index is 1360. The second-order valence-corrected chi connectivity index (χ2v) is 20.1. The van der Waals surface area contributed by atoms with Crippen LogP contribution in [0.2, 0.25) is 0 Å². The normalized spacial score (nSPS) is 21.8. The van der Waals surface area contributed by atoms with Crippen molar-refractivity contribution in [2.45, 2.75) is 249 Å². The van der Waals surface area contributed by atoms with E-state index in [1.165, 1.54) is 77.0 Å². The highest BCUT2D eigenvalue weighted by Crippen LogP contribution is 2.49. The highest BCUT2D eigenvalue weighted by atomic mass is 31.2. The number of hydrogen-bond acceptors (Lipinski definition) is 13. The lowest BCUT2D eigenvalue weighted by atomic mass is 9.85. The average molecular weight is 971 g/mol.